The van der Waals surface area contributed by atoms with Crippen LogP contribution in [0.4, 0.5) is 0 Å². The summed E-state index contributed by atoms with van der Waals surface area (Å²) in [5.41, 5.74) is 0.0654. The largest absolute Gasteiger partial charge is 0.479 e. The predicted molar refractivity (Wildman–Crippen MR) is 53.3 cm³/mol. The summed E-state index contributed by atoms with van der Waals surface area (Å²) >= 11 is 0. The summed E-state index contributed by atoms with van der Waals surface area (Å²) < 4.78 is 4.70. The molecule has 2 atom stereocenters. The summed E-state index contributed by atoms with van der Waals surface area (Å²) in [6, 6.07) is 0. The minimum atomic E-state index is -1.06. The Kier molecular flexibility index (Phi) is 3.34. The lowest BCUT2D eigenvalue weighted by Crippen LogP contribution is -2.38. The van der Waals surface area contributed by atoms with E-state index in [2.05, 4.69) is 5.32 Å². The molecule has 2 unspecified atom stereocenters. The molecule has 0 aromatic rings. The minimum absolute atomic E-state index is 0.0174. The molecule has 1 rings (SSSR count). The zero-order chi connectivity index (χ0) is 11.6. The molecule has 0 aromatic carbocycles. The number of nitrogens with one attached hydrogen (secondary N) is 1. The fourth-order valence-electron chi connectivity index (χ4n) is 1.50. The third-order valence-corrected chi connectivity index (χ3v) is 2.85. The first kappa shape index (κ1) is 12.0. The first-order valence-corrected chi connectivity index (χ1v) is 4.92. The Balaban J connectivity index is 2.31. The smallest absolute Gasteiger partial charge is 0.334 e. The minimum Gasteiger partial charge on any atom is -0.479 e. The van der Waals surface area contributed by atoms with E-state index < -0.39 is 12.1 Å². The van der Waals surface area contributed by atoms with E-state index in [0.29, 0.717) is 0 Å². The molecule has 0 bridgehead atoms. The maximum Gasteiger partial charge on any atom is 0.334 e. The van der Waals surface area contributed by atoms with Gasteiger partial charge in [-0.3, -0.25) is 4.79 Å². The molecule has 1 amide bonds. The fraction of sp³-hybridized carbons (Fsp3) is 0.800. The van der Waals surface area contributed by atoms with Crippen LogP contribution in [-0.2, 0) is 14.3 Å². The molecule has 1 fully saturated rings. The number of methoxy groups -OCH3 is 1. The molecule has 1 aliphatic rings. The Labute approximate surface area is 88.8 Å². The standard InChI is InChI=1S/C10H17NO4/c1-10(2)4-6(10)8(12)11-5-7(15-3)9(13)14/h6-7H,4-5H2,1-3H3,(H,11,12)(H,13,14). The van der Waals surface area contributed by atoms with Crippen LogP contribution in [0.15, 0.2) is 0 Å². The Morgan fingerprint density at radius 3 is 2.47 bits per heavy atom. The summed E-state index contributed by atoms with van der Waals surface area (Å²) in [5.74, 6) is -1.13. The van der Waals surface area contributed by atoms with Gasteiger partial charge < -0.3 is 15.2 Å². The highest BCUT2D eigenvalue weighted by Crippen LogP contribution is 2.51. The fourth-order valence-corrected chi connectivity index (χ4v) is 1.50. The SMILES string of the molecule is COC(CNC(=O)C1CC1(C)C)C(=O)O. The zero-order valence-corrected chi connectivity index (χ0v) is 9.24. The van der Waals surface area contributed by atoms with Crippen LogP contribution in [-0.4, -0.2) is 36.7 Å². The first-order valence-electron chi connectivity index (χ1n) is 4.92. The maximum absolute atomic E-state index is 11.5. The molecule has 2 N–H and O–H groups in total. The van der Waals surface area contributed by atoms with E-state index >= 15 is 0 Å². The van der Waals surface area contributed by atoms with Crippen LogP contribution in [0, 0.1) is 11.3 Å². The van der Waals surface area contributed by atoms with Crippen molar-refractivity contribution in [3.05, 3.63) is 0 Å². The second-order valence-electron chi connectivity index (χ2n) is 4.55. The van der Waals surface area contributed by atoms with Crippen molar-refractivity contribution in [1.82, 2.24) is 5.32 Å². The highest BCUT2D eigenvalue weighted by Gasteiger charge is 2.50. The van der Waals surface area contributed by atoms with Gasteiger partial charge in [-0.1, -0.05) is 13.8 Å². The molecule has 5 nitrogen and oxygen atoms in total. The van der Waals surface area contributed by atoms with Crippen molar-refractivity contribution in [2.75, 3.05) is 13.7 Å². The molecule has 15 heavy (non-hydrogen) atoms. The van der Waals surface area contributed by atoms with E-state index in [-0.39, 0.29) is 23.8 Å². The van der Waals surface area contributed by atoms with Crippen molar-refractivity contribution in [3.8, 4) is 0 Å². The van der Waals surface area contributed by atoms with Crippen LogP contribution in [0.25, 0.3) is 0 Å². The summed E-state index contributed by atoms with van der Waals surface area (Å²) in [5, 5.41) is 11.3. The Bertz CT molecular complexity index is 275. The lowest BCUT2D eigenvalue weighted by atomic mass is 10.1. The monoisotopic (exact) mass is 215 g/mol. The van der Waals surface area contributed by atoms with Gasteiger partial charge in [0.2, 0.25) is 5.91 Å². The number of rotatable bonds is 5. The highest BCUT2D eigenvalue weighted by molar-refractivity contribution is 5.83. The molecule has 5 heteroatoms. The van der Waals surface area contributed by atoms with E-state index in [1.54, 1.807) is 0 Å². The van der Waals surface area contributed by atoms with Gasteiger partial charge in [-0.05, 0) is 11.8 Å². The van der Waals surface area contributed by atoms with Crippen LogP contribution in [0.1, 0.15) is 20.3 Å². The van der Waals surface area contributed by atoms with E-state index in [1.807, 2.05) is 13.8 Å². The maximum atomic E-state index is 11.5. The van der Waals surface area contributed by atoms with E-state index in [4.69, 9.17) is 9.84 Å². The average molecular weight is 215 g/mol. The van der Waals surface area contributed by atoms with Gasteiger partial charge in [-0.15, -0.1) is 0 Å². The Hall–Kier alpha value is -1.10. The van der Waals surface area contributed by atoms with Crippen LogP contribution in [0.2, 0.25) is 0 Å². The van der Waals surface area contributed by atoms with Crippen molar-refractivity contribution >= 4 is 11.9 Å². The number of hydrogen-bond donors (Lipinski definition) is 2. The number of carbonyl (C=O) groups excluding carboxylic acids is 1. The lowest BCUT2D eigenvalue weighted by molar-refractivity contribution is -0.148. The van der Waals surface area contributed by atoms with Gasteiger partial charge in [0, 0.05) is 13.0 Å². The van der Waals surface area contributed by atoms with Gasteiger partial charge in [0.25, 0.3) is 0 Å². The van der Waals surface area contributed by atoms with Gasteiger partial charge in [0.15, 0.2) is 6.10 Å². The van der Waals surface area contributed by atoms with Crippen LogP contribution >= 0.6 is 0 Å². The van der Waals surface area contributed by atoms with Crippen LogP contribution < -0.4 is 5.32 Å². The molecule has 1 saturated carbocycles. The van der Waals surface area contributed by atoms with E-state index in [1.165, 1.54) is 7.11 Å². The van der Waals surface area contributed by atoms with Crippen molar-refractivity contribution in [2.45, 2.75) is 26.4 Å². The van der Waals surface area contributed by atoms with Gasteiger partial charge in [-0.2, -0.15) is 0 Å². The molecule has 0 saturated heterocycles. The number of amides is 1. The molecule has 0 aromatic heterocycles. The number of aliphatic carboxylic acids is 1. The van der Waals surface area contributed by atoms with Gasteiger partial charge >= 0.3 is 5.97 Å². The molecule has 86 valence electrons. The summed E-state index contributed by atoms with van der Waals surface area (Å²) in [6.45, 7) is 4.06. The van der Waals surface area contributed by atoms with Gasteiger partial charge in [0.1, 0.15) is 0 Å². The predicted octanol–water partition coefficient (Wildman–Crippen LogP) is 0.248. The summed E-state index contributed by atoms with van der Waals surface area (Å²) in [7, 11) is 1.31. The molecule has 0 spiro atoms. The summed E-state index contributed by atoms with van der Waals surface area (Å²) in [6.07, 6.45) is -0.0976. The number of carboxylic acid groups (broad SMARTS) is 1. The molecular weight excluding hydrogens is 198 g/mol. The average Bonchev–Trinajstić information content (AvgIpc) is 2.75. The first-order chi connectivity index (χ1) is 6.88. The van der Waals surface area contributed by atoms with Crippen molar-refractivity contribution in [3.63, 3.8) is 0 Å². The number of carboxylic acids is 1. The normalized spacial score (nSPS) is 24.3. The second-order valence-corrected chi connectivity index (χ2v) is 4.55. The number of carbonyl (C=O) groups is 2. The molecule has 0 aliphatic heterocycles. The van der Waals surface area contributed by atoms with Crippen molar-refractivity contribution in [2.24, 2.45) is 11.3 Å². The number of ether oxygens (including phenoxy) is 1. The zero-order valence-electron chi connectivity index (χ0n) is 9.24. The van der Waals surface area contributed by atoms with Crippen molar-refractivity contribution in [1.29, 1.82) is 0 Å². The number of hydrogen-bond acceptors (Lipinski definition) is 3. The van der Waals surface area contributed by atoms with Gasteiger partial charge in [0.05, 0.1) is 6.54 Å². The third kappa shape index (κ3) is 2.92. The Morgan fingerprint density at radius 2 is 2.13 bits per heavy atom. The quantitative estimate of drug-likeness (QED) is 0.689. The third-order valence-electron chi connectivity index (χ3n) is 2.85. The Morgan fingerprint density at radius 1 is 1.60 bits per heavy atom. The summed E-state index contributed by atoms with van der Waals surface area (Å²) in [4.78, 5) is 22.1. The van der Waals surface area contributed by atoms with E-state index in [0.717, 1.165) is 6.42 Å². The van der Waals surface area contributed by atoms with Crippen LogP contribution in [0.3, 0.4) is 0 Å². The second kappa shape index (κ2) is 4.18. The topological polar surface area (TPSA) is 75.6 Å². The molecular formula is C10H17NO4. The molecule has 1 aliphatic carbocycles. The molecule has 0 radical (unpaired) electrons. The van der Waals surface area contributed by atoms with E-state index in [9.17, 15) is 9.59 Å². The van der Waals surface area contributed by atoms with Gasteiger partial charge in [-0.25, -0.2) is 4.79 Å². The highest BCUT2D eigenvalue weighted by atomic mass is 16.5. The lowest BCUT2D eigenvalue weighted by Gasteiger charge is -2.11. The van der Waals surface area contributed by atoms with Crippen LogP contribution in [0.5, 0.6) is 0 Å². The van der Waals surface area contributed by atoms with Crippen molar-refractivity contribution < 1.29 is 19.4 Å². The molecule has 0 heterocycles.